The summed E-state index contributed by atoms with van der Waals surface area (Å²) in [6.07, 6.45) is 10.4. The van der Waals surface area contributed by atoms with Crippen molar-refractivity contribution in [1.29, 1.82) is 0 Å². The molecule has 4 aromatic carbocycles. The monoisotopic (exact) mass is 588 g/mol. The number of hydrogen-bond donors (Lipinski definition) is 0. The minimum absolute atomic E-state index is 0.0165. The Morgan fingerprint density at radius 2 is 1.78 bits per heavy atom. The SMILES string of the molecule is C=Cc1cc2c3c(c1/C=C\C)-c1cccc4c5c(n(c14)B3c1cccc3c1N2C1C2=C(C=C=C=C2)OC31)C(C)(C)c1ccccc1-5. The lowest BCUT2D eigenvalue weighted by Crippen LogP contribution is -2.59. The summed E-state index contributed by atoms with van der Waals surface area (Å²) in [5, 5.41) is 1.34. The topological polar surface area (TPSA) is 17.4 Å². The molecule has 2 aliphatic carbocycles. The molecule has 3 nitrogen and oxygen atoms in total. The Kier molecular flexibility index (Phi) is 4.35. The van der Waals surface area contributed by atoms with Crippen molar-refractivity contribution < 1.29 is 4.74 Å². The molecule has 5 aromatic rings. The van der Waals surface area contributed by atoms with Crippen molar-refractivity contribution in [2.75, 3.05) is 4.90 Å². The van der Waals surface area contributed by atoms with Crippen molar-refractivity contribution in [2.24, 2.45) is 0 Å². The predicted molar refractivity (Wildman–Crippen MR) is 190 cm³/mol. The Balaban J connectivity index is 1.34. The van der Waals surface area contributed by atoms with Gasteiger partial charge in [-0.3, -0.25) is 0 Å². The van der Waals surface area contributed by atoms with Crippen LogP contribution >= 0.6 is 0 Å². The second-order valence-corrected chi connectivity index (χ2v) is 13.8. The maximum atomic E-state index is 6.74. The van der Waals surface area contributed by atoms with Crippen LogP contribution in [0, 0.1) is 0 Å². The number of aromatic nitrogens is 1. The summed E-state index contributed by atoms with van der Waals surface area (Å²) in [4.78, 5) is 2.59. The average molecular weight is 589 g/mol. The maximum Gasteiger partial charge on any atom is 0.332 e. The average Bonchev–Trinajstić information content (AvgIpc) is 3.79. The zero-order chi connectivity index (χ0) is 30.6. The van der Waals surface area contributed by atoms with Gasteiger partial charge < -0.3 is 14.1 Å². The van der Waals surface area contributed by atoms with Gasteiger partial charge in [0.15, 0.2) is 6.10 Å². The molecular weight excluding hydrogens is 559 g/mol. The van der Waals surface area contributed by atoms with Crippen LogP contribution in [0.3, 0.4) is 0 Å². The van der Waals surface area contributed by atoms with Gasteiger partial charge in [0.05, 0.1) is 0 Å². The van der Waals surface area contributed by atoms with Crippen LogP contribution in [0.5, 0.6) is 0 Å². The summed E-state index contributed by atoms with van der Waals surface area (Å²) in [6, 6.07) is 25.3. The summed E-state index contributed by atoms with van der Waals surface area (Å²) in [7, 11) is 0. The second-order valence-electron chi connectivity index (χ2n) is 13.8. The molecule has 216 valence electrons. The number of nitrogens with zero attached hydrogens (tertiary/aromatic N) is 2. The van der Waals surface area contributed by atoms with Crippen LogP contribution < -0.4 is 15.8 Å². The Morgan fingerprint density at radius 3 is 2.65 bits per heavy atom. The van der Waals surface area contributed by atoms with E-state index in [4.69, 9.17) is 4.74 Å². The van der Waals surface area contributed by atoms with E-state index in [2.05, 4.69) is 133 Å². The van der Waals surface area contributed by atoms with Crippen LogP contribution in [0.4, 0.5) is 11.4 Å². The van der Waals surface area contributed by atoms with Gasteiger partial charge in [0.25, 0.3) is 0 Å². The number of ether oxygens (including phenoxy) is 1. The number of rotatable bonds is 2. The minimum atomic E-state index is -0.160. The zero-order valence-electron chi connectivity index (χ0n) is 26.0. The molecule has 1 aromatic heterocycles. The van der Waals surface area contributed by atoms with Gasteiger partial charge in [-0.25, -0.2) is 0 Å². The summed E-state index contributed by atoms with van der Waals surface area (Å²) in [5.41, 5.74) is 25.8. The van der Waals surface area contributed by atoms with Gasteiger partial charge in [0.1, 0.15) is 11.8 Å². The summed E-state index contributed by atoms with van der Waals surface area (Å²) >= 11 is 0. The number of hydrogen-bond acceptors (Lipinski definition) is 2. The van der Waals surface area contributed by atoms with Crippen LogP contribution in [0.25, 0.3) is 45.3 Å². The normalized spacial score (nSPS) is 20.6. The summed E-state index contributed by atoms with van der Waals surface area (Å²) in [5.74, 6) is 0.907. The Morgan fingerprint density at radius 1 is 0.957 bits per heavy atom. The molecule has 0 spiro atoms. The second kappa shape index (κ2) is 8.05. The fraction of sp³-hybridized carbons (Fsp3) is 0.143. The highest BCUT2D eigenvalue weighted by atomic mass is 16.5. The molecule has 4 heteroatoms. The van der Waals surface area contributed by atoms with E-state index in [1.54, 1.807) is 0 Å². The molecule has 0 N–H and O–H groups in total. The van der Waals surface area contributed by atoms with Crippen LogP contribution in [-0.4, -0.2) is 17.4 Å². The zero-order valence-corrected chi connectivity index (χ0v) is 26.0. The van der Waals surface area contributed by atoms with Crippen molar-refractivity contribution in [3.63, 3.8) is 0 Å². The molecule has 0 fully saturated rings. The van der Waals surface area contributed by atoms with Crippen molar-refractivity contribution in [3.05, 3.63) is 142 Å². The molecule has 46 heavy (non-hydrogen) atoms. The van der Waals surface area contributed by atoms with E-state index in [0.29, 0.717) is 0 Å². The van der Waals surface area contributed by atoms with E-state index in [-0.39, 0.29) is 24.4 Å². The largest absolute Gasteiger partial charge is 0.482 e. The predicted octanol–water partition coefficient (Wildman–Crippen LogP) is 8.30. The van der Waals surface area contributed by atoms with Gasteiger partial charge in [0, 0.05) is 61.7 Å². The van der Waals surface area contributed by atoms with Gasteiger partial charge >= 0.3 is 6.85 Å². The summed E-state index contributed by atoms with van der Waals surface area (Å²) < 4.78 is 9.48. The Labute approximate surface area is 268 Å². The third kappa shape index (κ3) is 2.58. The molecule has 0 saturated carbocycles. The first-order valence-corrected chi connectivity index (χ1v) is 16.3. The van der Waals surface area contributed by atoms with Gasteiger partial charge in [-0.2, -0.15) is 0 Å². The molecule has 11 rings (SSSR count). The Hall–Kier alpha value is -5.40. The van der Waals surface area contributed by atoms with Crippen LogP contribution in [0.1, 0.15) is 54.8 Å². The Bertz CT molecular complexity index is 2510. The van der Waals surface area contributed by atoms with Crippen molar-refractivity contribution in [1.82, 2.24) is 4.48 Å². The molecule has 0 radical (unpaired) electrons. The van der Waals surface area contributed by atoms with Gasteiger partial charge in [-0.05, 0) is 57.8 Å². The molecule has 2 unspecified atom stereocenters. The first kappa shape index (κ1) is 24.9. The minimum Gasteiger partial charge on any atom is -0.482 e. The van der Waals surface area contributed by atoms with Crippen molar-refractivity contribution in [3.8, 4) is 22.3 Å². The first-order valence-electron chi connectivity index (χ1n) is 16.3. The smallest absolute Gasteiger partial charge is 0.332 e. The van der Waals surface area contributed by atoms with E-state index < -0.39 is 0 Å². The molecule has 0 saturated heterocycles. The molecule has 6 aliphatic rings. The maximum absolute atomic E-state index is 6.74. The number of anilines is 2. The quantitative estimate of drug-likeness (QED) is 0.150. The molecule has 4 aliphatic heterocycles. The van der Waals surface area contributed by atoms with E-state index in [0.717, 1.165) is 11.3 Å². The fourth-order valence-electron chi connectivity index (χ4n) is 9.81. The van der Waals surface area contributed by atoms with Crippen molar-refractivity contribution in [2.45, 2.75) is 38.3 Å². The lowest BCUT2D eigenvalue weighted by atomic mass is 9.44. The van der Waals surface area contributed by atoms with Gasteiger partial charge in [-0.1, -0.05) is 111 Å². The molecule has 0 amide bonds. The number of allylic oxidation sites excluding steroid dienone is 2. The van der Waals surface area contributed by atoms with Crippen LogP contribution in [0.2, 0.25) is 0 Å². The highest BCUT2D eigenvalue weighted by molar-refractivity contribution is 6.89. The van der Waals surface area contributed by atoms with E-state index in [1.807, 2.05) is 12.2 Å². The van der Waals surface area contributed by atoms with Gasteiger partial charge in [-0.15, -0.1) is 0 Å². The third-order valence-corrected chi connectivity index (χ3v) is 11.4. The lowest BCUT2D eigenvalue weighted by Gasteiger charge is -2.42. The number of fused-ring (bicyclic) bond motifs is 13. The van der Waals surface area contributed by atoms with E-state index in [1.165, 1.54) is 83.4 Å². The van der Waals surface area contributed by atoms with Crippen LogP contribution in [-0.2, 0) is 10.2 Å². The highest BCUT2D eigenvalue weighted by Gasteiger charge is 2.55. The molecule has 2 atom stereocenters. The molecule has 5 heterocycles. The summed E-state index contributed by atoms with van der Waals surface area (Å²) in [6.45, 7) is 11.3. The van der Waals surface area contributed by atoms with Gasteiger partial charge in [0.2, 0.25) is 0 Å². The van der Waals surface area contributed by atoms with E-state index >= 15 is 0 Å². The highest BCUT2D eigenvalue weighted by Crippen LogP contribution is 2.59. The van der Waals surface area contributed by atoms with Crippen molar-refractivity contribution >= 4 is 52.2 Å². The lowest BCUT2D eigenvalue weighted by molar-refractivity contribution is 0.151. The van der Waals surface area contributed by atoms with Crippen LogP contribution in [0.15, 0.2) is 114 Å². The molecule has 0 bridgehead atoms. The number of para-hydroxylation sites is 2. The number of benzene rings is 4. The standard InChI is InChI=1S/C42H29BN2O/c1-5-13-24-23(6-2)22-32-36-34(24)27-16-11-17-28-35-25-14-7-9-19-30(25)42(3,4)41(35)45(37(27)28)43(36)31-20-12-18-29-38(31)44(32)39-26-15-8-10-21-33(26)46-40(29)39/h5-7,9,11-22,39-40H,2H2,1,3-4H3/b13-5-. The third-order valence-electron chi connectivity index (χ3n) is 11.4. The molecular formula is C42H29BN2O. The first-order chi connectivity index (χ1) is 22.5. The fourth-order valence-corrected chi connectivity index (χ4v) is 9.81. The van der Waals surface area contributed by atoms with E-state index in [9.17, 15) is 0 Å².